The summed E-state index contributed by atoms with van der Waals surface area (Å²) in [7, 11) is 0. The Balaban J connectivity index is 1.63. The van der Waals surface area contributed by atoms with Crippen LogP contribution >= 0.6 is 11.3 Å². The molecule has 2 aromatic rings. The number of ether oxygens (including phenoxy) is 2. The second-order valence-electron chi connectivity index (χ2n) is 5.08. The van der Waals surface area contributed by atoms with Crippen LogP contribution < -0.4 is 10.1 Å². The van der Waals surface area contributed by atoms with Crippen molar-refractivity contribution in [3.8, 4) is 5.75 Å². The lowest BCUT2D eigenvalue weighted by Crippen LogP contribution is -2.30. The molecule has 0 radical (unpaired) electrons. The second kappa shape index (κ2) is 10.3. The van der Waals surface area contributed by atoms with Crippen molar-refractivity contribution in [1.29, 1.82) is 0 Å². The summed E-state index contributed by atoms with van der Waals surface area (Å²) in [6, 6.07) is 9.87. The highest BCUT2D eigenvalue weighted by atomic mass is 32.1. The molecular weight excluding hydrogens is 364 g/mol. The molecule has 138 valence electrons. The third-order valence-corrected chi connectivity index (χ3v) is 3.99. The summed E-state index contributed by atoms with van der Waals surface area (Å²) in [6.45, 7) is -2.89. The molecule has 5 nitrogen and oxygen atoms in total. The largest absolute Gasteiger partial charge is 0.452 e. The van der Waals surface area contributed by atoms with E-state index in [4.69, 9.17) is 4.74 Å². The van der Waals surface area contributed by atoms with Gasteiger partial charge in [-0.2, -0.15) is 8.78 Å². The molecule has 2 rings (SSSR count). The molecule has 0 unspecified atom stereocenters. The van der Waals surface area contributed by atoms with Gasteiger partial charge in [0.15, 0.2) is 6.61 Å². The number of nitrogens with one attached hydrogen (secondary N) is 1. The fourth-order valence-electron chi connectivity index (χ4n) is 1.96. The maximum Gasteiger partial charge on any atom is 0.387 e. The van der Waals surface area contributed by atoms with Crippen molar-refractivity contribution in [2.45, 2.75) is 13.0 Å². The van der Waals surface area contributed by atoms with Gasteiger partial charge in [0.25, 0.3) is 5.91 Å². The lowest BCUT2D eigenvalue weighted by molar-refractivity contribution is -0.143. The number of hydrogen-bond acceptors (Lipinski definition) is 5. The minimum absolute atomic E-state index is 0.0790. The average Bonchev–Trinajstić information content (AvgIpc) is 3.13. The van der Waals surface area contributed by atoms with Crippen LogP contribution in [0.15, 0.2) is 47.9 Å². The monoisotopic (exact) mass is 381 g/mol. The molecule has 1 N–H and O–H groups in total. The van der Waals surface area contributed by atoms with Crippen molar-refractivity contribution in [3.63, 3.8) is 0 Å². The Bertz CT molecular complexity index is 730. The number of thiophene rings is 1. The molecule has 1 aromatic carbocycles. The van der Waals surface area contributed by atoms with E-state index in [1.807, 2.05) is 17.5 Å². The van der Waals surface area contributed by atoms with Gasteiger partial charge in [0.2, 0.25) is 0 Å². The minimum Gasteiger partial charge on any atom is -0.452 e. The van der Waals surface area contributed by atoms with Gasteiger partial charge in [-0.1, -0.05) is 18.2 Å². The molecule has 0 fully saturated rings. The molecular formula is C18H17F2NO4S. The number of hydrogen-bond donors (Lipinski definition) is 1. The molecule has 1 aromatic heterocycles. The molecule has 0 aliphatic heterocycles. The highest BCUT2D eigenvalue weighted by Gasteiger charge is 2.06. The summed E-state index contributed by atoms with van der Waals surface area (Å²) >= 11 is 1.48. The zero-order valence-electron chi connectivity index (χ0n) is 13.7. The second-order valence-corrected chi connectivity index (χ2v) is 6.06. The molecule has 0 aliphatic carbocycles. The van der Waals surface area contributed by atoms with Gasteiger partial charge in [-0.25, -0.2) is 4.79 Å². The van der Waals surface area contributed by atoms with Gasteiger partial charge < -0.3 is 14.8 Å². The van der Waals surface area contributed by atoms with Crippen LogP contribution in [0.1, 0.15) is 10.4 Å². The fourth-order valence-corrected chi connectivity index (χ4v) is 2.57. The molecule has 1 heterocycles. The molecule has 8 heteroatoms. The van der Waals surface area contributed by atoms with Crippen LogP contribution in [0.3, 0.4) is 0 Å². The Kier molecular flexibility index (Phi) is 7.75. The Morgan fingerprint density at radius 1 is 1.19 bits per heavy atom. The van der Waals surface area contributed by atoms with Gasteiger partial charge in [0.1, 0.15) is 5.75 Å². The van der Waals surface area contributed by atoms with Gasteiger partial charge in [0.05, 0.1) is 0 Å². The molecule has 0 aliphatic rings. The van der Waals surface area contributed by atoms with Crippen LogP contribution in [0, 0.1) is 0 Å². The molecule has 0 atom stereocenters. The summed E-state index contributed by atoms with van der Waals surface area (Å²) in [5, 5.41) is 4.50. The van der Waals surface area contributed by atoms with E-state index in [0.717, 1.165) is 10.4 Å². The Morgan fingerprint density at radius 2 is 1.96 bits per heavy atom. The molecule has 0 bridgehead atoms. The van der Waals surface area contributed by atoms with Crippen molar-refractivity contribution in [1.82, 2.24) is 5.32 Å². The highest BCUT2D eigenvalue weighted by molar-refractivity contribution is 7.10. The van der Waals surface area contributed by atoms with Crippen LogP contribution in [0.25, 0.3) is 6.08 Å². The molecule has 1 amide bonds. The predicted octanol–water partition coefficient (Wildman–Crippen LogP) is 3.26. The van der Waals surface area contributed by atoms with Crippen molar-refractivity contribution >= 4 is 29.3 Å². The third kappa shape index (κ3) is 7.43. The fraction of sp³-hybridized carbons (Fsp3) is 0.222. The lowest BCUT2D eigenvalue weighted by Gasteiger charge is -2.07. The van der Waals surface area contributed by atoms with E-state index in [-0.39, 0.29) is 12.4 Å². The third-order valence-electron chi connectivity index (χ3n) is 3.16. The van der Waals surface area contributed by atoms with E-state index in [1.54, 1.807) is 18.2 Å². The number of carbonyl (C=O) groups is 2. The minimum atomic E-state index is -2.86. The Hall–Kier alpha value is -2.74. The number of alkyl halides is 2. The van der Waals surface area contributed by atoms with E-state index in [0.29, 0.717) is 13.0 Å². The summed E-state index contributed by atoms with van der Waals surface area (Å²) < 4.78 is 33.2. The highest BCUT2D eigenvalue weighted by Crippen LogP contribution is 2.15. The smallest absolute Gasteiger partial charge is 0.387 e. The summed E-state index contributed by atoms with van der Waals surface area (Å²) in [4.78, 5) is 24.0. The maximum absolute atomic E-state index is 12.1. The van der Waals surface area contributed by atoms with E-state index in [9.17, 15) is 18.4 Å². The van der Waals surface area contributed by atoms with E-state index >= 15 is 0 Å². The first-order chi connectivity index (χ1) is 12.5. The van der Waals surface area contributed by atoms with Gasteiger partial charge in [-0.3, -0.25) is 4.79 Å². The van der Waals surface area contributed by atoms with Crippen LogP contribution in [0.5, 0.6) is 5.75 Å². The SMILES string of the molecule is O=C(COC(=O)/C=C/c1cccs1)NCCc1ccc(OC(F)F)cc1. The lowest BCUT2D eigenvalue weighted by atomic mass is 10.1. The zero-order chi connectivity index (χ0) is 18.8. The van der Waals surface area contributed by atoms with Gasteiger partial charge in [-0.15, -0.1) is 11.3 Å². The van der Waals surface area contributed by atoms with Gasteiger partial charge >= 0.3 is 12.6 Å². The topological polar surface area (TPSA) is 64.6 Å². The maximum atomic E-state index is 12.1. The van der Waals surface area contributed by atoms with Crippen LogP contribution in [-0.2, 0) is 20.7 Å². The van der Waals surface area contributed by atoms with Gasteiger partial charge in [-0.05, 0) is 41.6 Å². The first-order valence-electron chi connectivity index (χ1n) is 7.72. The van der Waals surface area contributed by atoms with Crippen LogP contribution in [0.4, 0.5) is 8.78 Å². The first kappa shape index (κ1) is 19.6. The van der Waals surface area contributed by atoms with Gasteiger partial charge in [0, 0.05) is 17.5 Å². The summed E-state index contributed by atoms with van der Waals surface area (Å²) in [5.74, 6) is -0.931. The molecule has 0 spiro atoms. The Labute approximate surface area is 153 Å². The van der Waals surface area contributed by atoms with Crippen molar-refractivity contribution < 1.29 is 27.8 Å². The number of amides is 1. The standard InChI is InChI=1S/C18H17F2NO4S/c19-18(20)25-14-5-3-13(4-6-14)9-10-21-16(22)12-24-17(23)8-7-15-2-1-11-26-15/h1-8,11,18H,9-10,12H2,(H,21,22)/b8-7+. The quantitative estimate of drug-likeness (QED) is 0.535. The number of carbonyl (C=O) groups excluding carboxylic acids is 2. The Morgan fingerprint density at radius 3 is 2.62 bits per heavy atom. The average molecular weight is 381 g/mol. The normalized spacial score (nSPS) is 10.9. The van der Waals surface area contributed by atoms with E-state index < -0.39 is 18.5 Å². The van der Waals surface area contributed by atoms with Crippen molar-refractivity contribution in [2.75, 3.05) is 13.2 Å². The first-order valence-corrected chi connectivity index (χ1v) is 8.59. The number of rotatable bonds is 9. The number of halogens is 2. The number of esters is 1. The summed E-state index contributed by atoms with van der Waals surface area (Å²) in [6.07, 6.45) is 3.39. The summed E-state index contributed by atoms with van der Waals surface area (Å²) in [5.41, 5.74) is 0.850. The molecule has 0 saturated carbocycles. The molecule has 0 saturated heterocycles. The molecule has 26 heavy (non-hydrogen) atoms. The van der Waals surface area contributed by atoms with Crippen LogP contribution in [0.2, 0.25) is 0 Å². The van der Waals surface area contributed by atoms with E-state index in [1.165, 1.54) is 29.5 Å². The zero-order valence-corrected chi connectivity index (χ0v) is 14.5. The van der Waals surface area contributed by atoms with E-state index in [2.05, 4.69) is 10.1 Å². The van der Waals surface area contributed by atoms with Crippen LogP contribution in [-0.4, -0.2) is 31.6 Å². The van der Waals surface area contributed by atoms with Crippen molar-refractivity contribution in [3.05, 3.63) is 58.3 Å². The predicted molar refractivity (Wildman–Crippen MR) is 94.1 cm³/mol. The van der Waals surface area contributed by atoms with Crippen molar-refractivity contribution in [2.24, 2.45) is 0 Å². The number of benzene rings is 1.